The van der Waals surface area contributed by atoms with Crippen molar-refractivity contribution in [2.75, 3.05) is 17.7 Å². The molecule has 0 saturated heterocycles. The van der Waals surface area contributed by atoms with Crippen LogP contribution in [0.1, 0.15) is 63.5 Å². The van der Waals surface area contributed by atoms with Crippen LogP contribution in [0.5, 0.6) is 5.75 Å². The molecule has 5 heteroatoms. The van der Waals surface area contributed by atoms with Gasteiger partial charge in [-0.1, -0.05) is 63.3 Å². The van der Waals surface area contributed by atoms with E-state index in [9.17, 15) is 4.79 Å². The van der Waals surface area contributed by atoms with Crippen molar-refractivity contribution in [2.45, 2.75) is 65.2 Å². The van der Waals surface area contributed by atoms with E-state index in [1.54, 1.807) is 18.2 Å². The lowest BCUT2D eigenvalue weighted by atomic mass is 10.0. The Morgan fingerprint density at radius 2 is 1.72 bits per heavy atom. The molecule has 0 saturated carbocycles. The van der Waals surface area contributed by atoms with Gasteiger partial charge in [0.05, 0.1) is 10.7 Å². The Morgan fingerprint density at radius 1 is 1.00 bits per heavy atom. The third kappa shape index (κ3) is 7.98. The van der Waals surface area contributed by atoms with Crippen LogP contribution in [0, 0.1) is 0 Å². The summed E-state index contributed by atoms with van der Waals surface area (Å²) in [6.45, 7) is 4.38. The van der Waals surface area contributed by atoms with Gasteiger partial charge in [-0.2, -0.15) is 0 Å². The molecular weight excluding hydrogens is 384 g/mol. The van der Waals surface area contributed by atoms with Crippen molar-refractivity contribution in [3.05, 3.63) is 52.5 Å². The summed E-state index contributed by atoms with van der Waals surface area (Å²) in [7, 11) is 0. The molecule has 2 aromatic rings. The second-order valence-corrected chi connectivity index (χ2v) is 7.84. The van der Waals surface area contributed by atoms with Gasteiger partial charge >= 0.3 is 0 Å². The molecule has 0 atom stereocenters. The highest BCUT2D eigenvalue weighted by molar-refractivity contribution is 6.33. The third-order valence-corrected chi connectivity index (χ3v) is 5.23. The van der Waals surface area contributed by atoms with Gasteiger partial charge in [-0.25, -0.2) is 0 Å². The van der Waals surface area contributed by atoms with E-state index in [0.29, 0.717) is 16.4 Å². The highest BCUT2D eigenvalue weighted by atomic mass is 35.5. The van der Waals surface area contributed by atoms with Crippen LogP contribution >= 0.6 is 11.6 Å². The van der Waals surface area contributed by atoms with Crippen molar-refractivity contribution in [3.63, 3.8) is 0 Å². The molecule has 3 N–H and O–H groups in total. The molecular formula is C24H33ClN2O2. The first kappa shape index (κ1) is 23.1. The normalized spacial score (nSPS) is 10.7. The fourth-order valence-electron chi connectivity index (χ4n) is 3.23. The van der Waals surface area contributed by atoms with Crippen molar-refractivity contribution in [1.82, 2.24) is 0 Å². The Labute approximate surface area is 179 Å². The molecule has 2 rings (SSSR count). The lowest BCUT2D eigenvalue weighted by molar-refractivity contribution is -0.118. The number of hydrogen-bond donors (Lipinski definition) is 2. The maximum Gasteiger partial charge on any atom is 0.262 e. The number of nitrogens with one attached hydrogen (secondary N) is 1. The number of anilines is 2. The van der Waals surface area contributed by atoms with Crippen molar-refractivity contribution in [3.8, 4) is 5.75 Å². The molecule has 29 heavy (non-hydrogen) atoms. The highest BCUT2D eigenvalue weighted by Crippen LogP contribution is 2.25. The molecule has 158 valence electrons. The number of benzene rings is 2. The number of ether oxygens (including phenoxy) is 1. The quantitative estimate of drug-likeness (QED) is 0.310. The summed E-state index contributed by atoms with van der Waals surface area (Å²) in [5.74, 6) is 0.573. The molecule has 0 bridgehead atoms. The van der Waals surface area contributed by atoms with Crippen molar-refractivity contribution in [2.24, 2.45) is 0 Å². The largest absolute Gasteiger partial charge is 0.483 e. The lowest BCUT2D eigenvalue weighted by Gasteiger charge is -2.14. The summed E-state index contributed by atoms with van der Waals surface area (Å²) in [5.41, 5.74) is 9.36. The Kier molecular flexibility index (Phi) is 9.85. The summed E-state index contributed by atoms with van der Waals surface area (Å²) < 4.78 is 5.87. The molecule has 0 aliphatic carbocycles. The van der Waals surface area contributed by atoms with Crippen LogP contribution in [0.2, 0.25) is 5.02 Å². The second-order valence-electron chi connectivity index (χ2n) is 7.43. The predicted octanol–water partition coefficient (Wildman–Crippen LogP) is 6.41. The maximum atomic E-state index is 12.3. The number of unbranched alkanes of at least 4 members (excludes halogenated alkanes) is 4. The number of carbonyl (C=O) groups excluding carboxylic acids is 1. The molecule has 0 spiro atoms. The topological polar surface area (TPSA) is 64.3 Å². The van der Waals surface area contributed by atoms with Crippen LogP contribution in [-0.2, 0) is 17.6 Å². The Balaban J connectivity index is 1.98. The number of amides is 1. The van der Waals surface area contributed by atoms with Crippen LogP contribution in [-0.4, -0.2) is 12.5 Å². The molecule has 0 unspecified atom stereocenters. The van der Waals surface area contributed by atoms with E-state index in [4.69, 9.17) is 22.1 Å². The van der Waals surface area contributed by atoms with Crippen molar-refractivity contribution in [1.29, 1.82) is 0 Å². The number of aryl methyl sites for hydroxylation is 2. The second kappa shape index (κ2) is 12.4. The number of carbonyl (C=O) groups is 1. The fraction of sp³-hybridized carbons (Fsp3) is 0.458. The minimum atomic E-state index is -0.224. The number of hydrogen-bond acceptors (Lipinski definition) is 3. The molecule has 0 aliphatic rings. The fourth-order valence-corrected chi connectivity index (χ4v) is 3.35. The summed E-state index contributed by atoms with van der Waals surface area (Å²) in [4.78, 5) is 12.3. The van der Waals surface area contributed by atoms with Gasteiger partial charge in [-0.3, -0.25) is 4.79 Å². The maximum absolute atomic E-state index is 12.3. The Morgan fingerprint density at radius 3 is 2.41 bits per heavy atom. The smallest absolute Gasteiger partial charge is 0.262 e. The zero-order valence-corrected chi connectivity index (χ0v) is 18.4. The number of rotatable bonds is 12. The predicted molar refractivity (Wildman–Crippen MR) is 123 cm³/mol. The first-order chi connectivity index (χ1) is 14.0. The minimum Gasteiger partial charge on any atom is -0.483 e. The van der Waals surface area contributed by atoms with Gasteiger partial charge in [-0.05, 0) is 61.1 Å². The Bertz CT molecular complexity index is 792. The number of nitrogen functional groups attached to an aromatic ring is 1. The van der Waals surface area contributed by atoms with E-state index in [1.807, 2.05) is 6.07 Å². The number of halogens is 1. The van der Waals surface area contributed by atoms with Crippen molar-refractivity contribution < 1.29 is 9.53 Å². The van der Waals surface area contributed by atoms with Crippen LogP contribution < -0.4 is 15.8 Å². The van der Waals surface area contributed by atoms with Gasteiger partial charge in [0.1, 0.15) is 5.75 Å². The summed E-state index contributed by atoms with van der Waals surface area (Å²) in [6, 6.07) is 11.4. The van der Waals surface area contributed by atoms with Gasteiger partial charge in [0.15, 0.2) is 6.61 Å². The van der Waals surface area contributed by atoms with E-state index in [-0.39, 0.29) is 12.5 Å². The molecule has 1 amide bonds. The monoisotopic (exact) mass is 416 g/mol. The van der Waals surface area contributed by atoms with E-state index >= 15 is 0 Å². The summed E-state index contributed by atoms with van der Waals surface area (Å²) in [6.07, 6.45) is 9.24. The van der Waals surface area contributed by atoms with Crippen LogP contribution in [0.15, 0.2) is 36.4 Å². The molecule has 0 heterocycles. The van der Waals surface area contributed by atoms with E-state index in [2.05, 4.69) is 31.3 Å². The summed E-state index contributed by atoms with van der Waals surface area (Å²) in [5, 5.41) is 3.26. The van der Waals surface area contributed by atoms with Gasteiger partial charge in [0, 0.05) is 5.69 Å². The first-order valence-electron chi connectivity index (χ1n) is 10.6. The molecule has 0 radical (unpaired) electrons. The average Bonchev–Trinajstić information content (AvgIpc) is 2.70. The zero-order valence-electron chi connectivity index (χ0n) is 17.6. The molecule has 4 nitrogen and oxygen atoms in total. The molecule has 2 aromatic carbocycles. The SMILES string of the molecule is CCCCCc1ccc(OCC(=O)Nc2ccc(Cl)c(N)c2)c(CCCCC)c1. The molecule has 0 aromatic heterocycles. The van der Waals surface area contributed by atoms with Crippen LogP contribution in [0.4, 0.5) is 11.4 Å². The first-order valence-corrected chi connectivity index (χ1v) is 11.0. The third-order valence-electron chi connectivity index (χ3n) is 4.88. The number of nitrogens with two attached hydrogens (primary N) is 1. The van der Waals surface area contributed by atoms with Gasteiger partial charge in [0.25, 0.3) is 5.91 Å². The van der Waals surface area contributed by atoms with Gasteiger partial charge in [-0.15, -0.1) is 0 Å². The van der Waals surface area contributed by atoms with Gasteiger partial charge < -0.3 is 15.8 Å². The standard InChI is InChI=1S/C24H33ClN2O2/c1-3-5-7-9-18-11-14-23(19(15-18)10-8-6-4-2)29-17-24(28)27-20-12-13-21(25)22(26)16-20/h11-16H,3-10,17,26H2,1-2H3,(H,27,28). The van der Waals surface area contributed by atoms with Gasteiger partial charge in [0.2, 0.25) is 0 Å². The van der Waals surface area contributed by atoms with Crippen molar-refractivity contribution >= 4 is 28.9 Å². The van der Waals surface area contributed by atoms with E-state index < -0.39 is 0 Å². The van der Waals surface area contributed by atoms with Crippen LogP contribution in [0.25, 0.3) is 0 Å². The average molecular weight is 417 g/mol. The zero-order chi connectivity index (χ0) is 21.1. The summed E-state index contributed by atoms with van der Waals surface area (Å²) >= 11 is 5.92. The lowest BCUT2D eigenvalue weighted by Crippen LogP contribution is -2.20. The minimum absolute atomic E-state index is 0.0432. The highest BCUT2D eigenvalue weighted by Gasteiger charge is 2.10. The van der Waals surface area contributed by atoms with E-state index in [0.717, 1.165) is 25.0 Å². The molecule has 0 aliphatic heterocycles. The Hall–Kier alpha value is -2.20. The van der Waals surface area contributed by atoms with Crippen LogP contribution in [0.3, 0.4) is 0 Å². The molecule has 0 fully saturated rings. The van der Waals surface area contributed by atoms with E-state index in [1.165, 1.54) is 43.2 Å².